The van der Waals surface area contributed by atoms with E-state index in [1.54, 1.807) is 18.2 Å². The zero-order valence-electron chi connectivity index (χ0n) is 14.4. The Morgan fingerprint density at radius 2 is 1.68 bits per heavy atom. The van der Waals surface area contributed by atoms with Crippen molar-refractivity contribution in [2.45, 2.75) is 19.3 Å². The molecule has 0 saturated carbocycles. The topological polar surface area (TPSA) is 38.7 Å². The molecule has 0 spiro atoms. The van der Waals surface area contributed by atoms with Crippen LogP contribution in [-0.2, 0) is 11.3 Å². The minimum atomic E-state index is -2.36. The summed E-state index contributed by atoms with van der Waals surface area (Å²) in [6.07, 6.45) is 3.58. The Morgan fingerprint density at radius 3 is 2.32 bits per heavy atom. The van der Waals surface area contributed by atoms with Crippen molar-refractivity contribution in [3.63, 3.8) is 0 Å². The number of hydrogen-bond acceptors (Lipinski definition) is 3. The number of allylic oxidation sites excluding steroid dienone is 1. The standard InChI is InChI=1S/C20H14F5NO2/c1-2-5-11-9-8-10-6-3-4-7-12(10)19(11)26-28-20(27)13-14(21)16(23)18(25)17(24)15(13)22/h2-4,6-7,11H,1,5,8-9H2/b26-19-. The first kappa shape index (κ1) is 19.7. The molecule has 28 heavy (non-hydrogen) atoms. The Bertz CT molecular complexity index is 958. The van der Waals surface area contributed by atoms with Gasteiger partial charge in [0, 0.05) is 11.5 Å². The SMILES string of the molecule is C=CCC1CCc2ccccc2/C1=N\OC(=O)c1c(F)c(F)c(F)c(F)c1F. The van der Waals surface area contributed by atoms with Crippen LogP contribution in [0.2, 0.25) is 0 Å². The molecule has 3 rings (SSSR count). The van der Waals surface area contributed by atoms with Gasteiger partial charge in [-0.3, -0.25) is 0 Å². The van der Waals surface area contributed by atoms with E-state index in [1.807, 2.05) is 12.1 Å². The molecule has 1 aliphatic carbocycles. The molecule has 1 aliphatic rings. The van der Waals surface area contributed by atoms with Crippen LogP contribution in [0.3, 0.4) is 0 Å². The van der Waals surface area contributed by atoms with Crippen molar-refractivity contribution in [2.75, 3.05) is 0 Å². The predicted molar refractivity (Wildman–Crippen MR) is 91.3 cm³/mol. The first-order valence-electron chi connectivity index (χ1n) is 8.36. The first-order valence-corrected chi connectivity index (χ1v) is 8.36. The fraction of sp³-hybridized carbons (Fsp3) is 0.200. The lowest BCUT2D eigenvalue weighted by molar-refractivity contribution is 0.0499. The van der Waals surface area contributed by atoms with Crippen LogP contribution in [0, 0.1) is 35.0 Å². The van der Waals surface area contributed by atoms with E-state index in [2.05, 4.69) is 16.6 Å². The van der Waals surface area contributed by atoms with E-state index in [0.717, 1.165) is 12.0 Å². The summed E-state index contributed by atoms with van der Waals surface area (Å²) in [5.41, 5.74) is 0.281. The van der Waals surface area contributed by atoms with Gasteiger partial charge in [0.1, 0.15) is 5.56 Å². The maximum Gasteiger partial charge on any atom is 0.371 e. The average molecular weight is 395 g/mol. The predicted octanol–water partition coefficient (Wildman–Crippen LogP) is 5.08. The molecule has 0 aromatic heterocycles. The van der Waals surface area contributed by atoms with Gasteiger partial charge >= 0.3 is 5.97 Å². The third-order valence-corrected chi connectivity index (χ3v) is 4.53. The third-order valence-electron chi connectivity index (χ3n) is 4.53. The maximum atomic E-state index is 13.8. The van der Waals surface area contributed by atoms with E-state index in [1.165, 1.54) is 0 Å². The van der Waals surface area contributed by atoms with Crippen LogP contribution in [0.25, 0.3) is 0 Å². The van der Waals surface area contributed by atoms with Gasteiger partial charge in [0.15, 0.2) is 23.3 Å². The van der Waals surface area contributed by atoms with E-state index in [-0.39, 0.29) is 5.92 Å². The highest BCUT2D eigenvalue weighted by Crippen LogP contribution is 2.29. The number of carbonyl (C=O) groups excluding carboxylic acids is 1. The molecule has 0 aliphatic heterocycles. The lowest BCUT2D eigenvalue weighted by Gasteiger charge is -2.25. The zero-order chi connectivity index (χ0) is 20.4. The molecule has 0 radical (unpaired) electrons. The molecule has 0 amide bonds. The fourth-order valence-corrected chi connectivity index (χ4v) is 3.15. The number of halogens is 5. The van der Waals surface area contributed by atoms with Crippen molar-refractivity contribution in [1.29, 1.82) is 0 Å². The molecule has 0 bridgehead atoms. The normalized spacial score (nSPS) is 17.3. The summed E-state index contributed by atoms with van der Waals surface area (Å²) in [5.74, 6) is -13.3. The Morgan fingerprint density at radius 1 is 1.07 bits per heavy atom. The molecule has 146 valence electrons. The highest BCUT2D eigenvalue weighted by atomic mass is 19.2. The summed E-state index contributed by atoms with van der Waals surface area (Å²) in [6, 6.07) is 7.18. The monoisotopic (exact) mass is 395 g/mol. The number of oxime groups is 1. The number of benzene rings is 2. The zero-order valence-corrected chi connectivity index (χ0v) is 14.4. The molecule has 2 aromatic carbocycles. The van der Waals surface area contributed by atoms with Gasteiger partial charge in [-0.15, -0.1) is 6.58 Å². The quantitative estimate of drug-likeness (QED) is 0.181. The molecule has 1 unspecified atom stereocenters. The number of hydrogen-bond donors (Lipinski definition) is 0. The smallest absolute Gasteiger partial charge is 0.312 e. The van der Waals surface area contributed by atoms with Gasteiger partial charge in [-0.25, -0.2) is 26.7 Å². The van der Waals surface area contributed by atoms with Gasteiger partial charge < -0.3 is 4.84 Å². The highest BCUT2D eigenvalue weighted by molar-refractivity contribution is 6.04. The Hall–Kier alpha value is -3.03. The second kappa shape index (κ2) is 7.92. The average Bonchev–Trinajstić information content (AvgIpc) is 2.70. The summed E-state index contributed by atoms with van der Waals surface area (Å²) in [4.78, 5) is 16.6. The van der Waals surface area contributed by atoms with Gasteiger partial charge in [0.2, 0.25) is 5.82 Å². The van der Waals surface area contributed by atoms with E-state index in [4.69, 9.17) is 0 Å². The highest BCUT2D eigenvalue weighted by Gasteiger charge is 2.32. The van der Waals surface area contributed by atoms with Crippen molar-refractivity contribution in [2.24, 2.45) is 11.1 Å². The molecular formula is C20H14F5NO2. The van der Waals surface area contributed by atoms with Crippen LogP contribution >= 0.6 is 0 Å². The van der Waals surface area contributed by atoms with Gasteiger partial charge in [-0.1, -0.05) is 35.5 Å². The molecule has 1 atom stereocenters. The van der Waals surface area contributed by atoms with Crippen molar-refractivity contribution in [1.82, 2.24) is 0 Å². The number of carbonyl (C=O) groups is 1. The van der Waals surface area contributed by atoms with Crippen molar-refractivity contribution in [3.05, 3.63) is 82.7 Å². The molecule has 0 heterocycles. The van der Waals surface area contributed by atoms with Gasteiger partial charge in [0.05, 0.1) is 5.71 Å². The number of fused-ring (bicyclic) bond motifs is 1. The third kappa shape index (κ3) is 3.42. The lowest BCUT2D eigenvalue weighted by atomic mass is 9.80. The van der Waals surface area contributed by atoms with Crippen LogP contribution < -0.4 is 0 Å². The Kier molecular flexibility index (Phi) is 5.58. The lowest BCUT2D eigenvalue weighted by Crippen LogP contribution is -2.24. The second-order valence-electron chi connectivity index (χ2n) is 6.22. The van der Waals surface area contributed by atoms with Crippen molar-refractivity contribution >= 4 is 11.7 Å². The van der Waals surface area contributed by atoms with Crippen LogP contribution in [0.5, 0.6) is 0 Å². The minimum absolute atomic E-state index is 0.170. The van der Waals surface area contributed by atoms with Gasteiger partial charge in [-0.2, -0.15) is 0 Å². The molecule has 3 nitrogen and oxygen atoms in total. The van der Waals surface area contributed by atoms with Gasteiger partial charge in [0.25, 0.3) is 0 Å². The molecule has 0 N–H and O–H groups in total. The number of rotatable bonds is 4. The second-order valence-corrected chi connectivity index (χ2v) is 6.22. The molecule has 8 heteroatoms. The molecule has 2 aromatic rings. The minimum Gasteiger partial charge on any atom is -0.312 e. The summed E-state index contributed by atoms with van der Waals surface area (Å²) in [7, 11) is 0. The largest absolute Gasteiger partial charge is 0.371 e. The summed E-state index contributed by atoms with van der Waals surface area (Å²) >= 11 is 0. The van der Waals surface area contributed by atoms with E-state index in [0.29, 0.717) is 24.1 Å². The Labute approximate surface area is 157 Å². The molecule has 0 fully saturated rings. The maximum absolute atomic E-state index is 13.8. The summed E-state index contributed by atoms with van der Waals surface area (Å²) in [6.45, 7) is 3.66. The summed E-state index contributed by atoms with van der Waals surface area (Å²) < 4.78 is 67.3. The van der Waals surface area contributed by atoms with Crippen molar-refractivity contribution < 1.29 is 31.6 Å². The van der Waals surface area contributed by atoms with E-state index < -0.39 is 40.6 Å². The molecule has 0 saturated heterocycles. The van der Waals surface area contributed by atoms with Gasteiger partial charge in [-0.05, 0) is 24.8 Å². The Balaban J connectivity index is 1.99. The van der Waals surface area contributed by atoms with Crippen LogP contribution in [-0.4, -0.2) is 11.7 Å². The van der Waals surface area contributed by atoms with Crippen LogP contribution in [0.4, 0.5) is 22.0 Å². The number of nitrogens with zero attached hydrogens (tertiary/aromatic N) is 1. The molecular weight excluding hydrogens is 381 g/mol. The van der Waals surface area contributed by atoms with Crippen LogP contribution in [0.1, 0.15) is 34.3 Å². The first-order chi connectivity index (χ1) is 13.4. The van der Waals surface area contributed by atoms with Crippen LogP contribution in [0.15, 0.2) is 42.1 Å². The van der Waals surface area contributed by atoms with E-state index >= 15 is 0 Å². The summed E-state index contributed by atoms with van der Waals surface area (Å²) in [5, 5.41) is 3.71. The number of aryl methyl sites for hydroxylation is 1. The fourth-order valence-electron chi connectivity index (χ4n) is 3.15. The van der Waals surface area contributed by atoms with E-state index in [9.17, 15) is 26.7 Å². The van der Waals surface area contributed by atoms with Crippen molar-refractivity contribution in [3.8, 4) is 0 Å².